The van der Waals surface area contributed by atoms with Gasteiger partial charge in [0.05, 0.1) is 24.8 Å². The lowest BCUT2D eigenvalue weighted by atomic mass is 10.2. The first kappa shape index (κ1) is 25.0. The van der Waals surface area contributed by atoms with Gasteiger partial charge < -0.3 is 30.0 Å². The summed E-state index contributed by atoms with van der Waals surface area (Å²) in [5, 5.41) is 11.7. The van der Waals surface area contributed by atoms with E-state index >= 15 is 0 Å². The number of carboxylic acids is 1. The monoisotopic (exact) mass is 502 g/mol. The number of carbonyl (C=O) groups is 2. The number of nitrogens with one attached hydrogen (secondary N) is 1. The number of amides is 1. The number of pyridine rings is 1. The van der Waals surface area contributed by atoms with Gasteiger partial charge in [-0.3, -0.25) is 9.78 Å². The van der Waals surface area contributed by atoms with Crippen molar-refractivity contribution in [2.45, 2.75) is 39.0 Å². The van der Waals surface area contributed by atoms with Gasteiger partial charge in [0.25, 0.3) is 5.91 Å². The number of alkyl halides is 2. The Morgan fingerprint density at radius 3 is 2.69 bits per heavy atom. The lowest BCUT2D eigenvalue weighted by molar-refractivity contribution is -0.0515. The molecule has 0 aliphatic heterocycles. The van der Waals surface area contributed by atoms with Crippen molar-refractivity contribution in [2.24, 2.45) is 11.7 Å². The molecule has 1 unspecified atom stereocenters. The molecule has 1 aliphatic rings. The Morgan fingerprint density at radius 2 is 2.03 bits per heavy atom. The summed E-state index contributed by atoms with van der Waals surface area (Å²) in [5.74, 6) is -0.903. The van der Waals surface area contributed by atoms with Crippen LogP contribution in [0.4, 0.5) is 8.78 Å². The molecule has 0 bridgehead atoms. The van der Waals surface area contributed by atoms with E-state index in [0.29, 0.717) is 29.5 Å². The quantitative estimate of drug-likeness (QED) is 0.356. The van der Waals surface area contributed by atoms with E-state index in [1.54, 1.807) is 6.92 Å². The zero-order chi connectivity index (χ0) is 25.8. The van der Waals surface area contributed by atoms with Crippen molar-refractivity contribution in [3.05, 3.63) is 59.2 Å². The highest BCUT2D eigenvalue weighted by Gasteiger charge is 2.24. The molecule has 190 valence electrons. The van der Waals surface area contributed by atoms with Gasteiger partial charge in [0.1, 0.15) is 17.1 Å². The number of oxazole rings is 1. The predicted molar refractivity (Wildman–Crippen MR) is 122 cm³/mol. The van der Waals surface area contributed by atoms with Gasteiger partial charge in [-0.15, -0.1) is 0 Å². The van der Waals surface area contributed by atoms with Crippen LogP contribution in [0.5, 0.6) is 11.5 Å². The van der Waals surface area contributed by atoms with Gasteiger partial charge in [-0.05, 0) is 56.0 Å². The molecule has 1 amide bonds. The maximum absolute atomic E-state index is 12.8. The first-order valence-corrected chi connectivity index (χ1v) is 11.2. The van der Waals surface area contributed by atoms with Crippen LogP contribution in [0.2, 0.25) is 0 Å². The number of rotatable bonds is 11. The van der Waals surface area contributed by atoms with Crippen LogP contribution in [0, 0.1) is 5.92 Å². The minimum absolute atomic E-state index is 0.0736. The fourth-order valence-corrected chi connectivity index (χ4v) is 3.35. The molecule has 4 N–H and O–H groups in total. The number of carbonyl (C=O) groups excluding carboxylic acids is 1. The number of aromatic carboxylic acids is 1. The summed E-state index contributed by atoms with van der Waals surface area (Å²) < 4.78 is 41.8. The molecule has 1 fully saturated rings. The van der Waals surface area contributed by atoms with Crippen LogP contribution in [0.1, 0.15) is 58.1 Å². The first-order valence-electron chi connectivity index (χ1n) is 11.2. The lowest BCUT2D eigenvalue weighted by Crippen LogP contribution is -2.25. The van der Waals surface area contributed by atoms with E-state index in [2.05, 4.69) is 20.0 Å². The van der Waals surface area contributed by atoms with E-state index in [-0.39, 0.29) is 35.2 Å². The van der Waals surface area contributed by atoms with Crippen molar-refractivity contribution in [1.82, 2.24) is 15.3 Å². The van der Waals surface area contributed by atoms with Crippen LogP contribution >= 0.6 is 0 Å². The Labute approximate surface area is 204 Å². The van der Waals surface area contributed by atoms with E-state index in [0.717, 1.165) is 18.9 Å². The van der Waals surface area contributed by atoms with Crippen molar-refractivity contribution in [2.75, 3.05) is 6.61 Å². The van der Waals surface area contributed by atoms with Crippen LogP contribution in [-0.4, -0.2) is 40.2 Å². The molecular weight excluding hydrogens is 478 g/mol. The Bertz CT molecular complexity index is 1260. The average molecular weight is 502 g/mol. The summed E-state index contributed by atoms with van der Waals surface area (Å²) in [6.45, 7) is -1.02. The summed E-state index contributed by atoms with van der Waals surface area (Å²) in [6.07, 6.45) is 3.27. The second-order valence-electron chi connectivity index (χ2n) is 8.33. The van der Waals surface area contributed by atoms with Crippen molar-refractivity contribution >= 4 is 11.9 Å². The van der Waals surface area contributed by atoms with E-state index in [4.69, 9.17) is 20.0 Å². The van der Waals surface area contributed by atoms with Gasteiger partial charge in [-0.25, -0.2) is 9.78 Å². The predicted octanol–water partition coefficient (Wildman–Crippen LogP) is 3.77. The van der Waals surface area contributed by atoms with Crippen molar-refractivity contribution in [3.8, 4) is 23.0 Å². The maximum atomic E-state index is 12.8. The molecule has 2 heterocycles. The highest BCUT2D eigenvalue weighted by Crippen LogP contribution is 2.37. The zero-order valence-corrected chi connectivity index (χ0v) is 19.2. The minimum atomic E-state index is -3.01. The Hall–Kier alpha value is -4.06. The van der Waals surface area contributed by atoms with Gasteiger partial charge in [0, 0.05) is 11.8 Å². The second-order valence-corrected chi connectivity index (χ2v) is 8.33. The number of halogens is 2. The molecule has 12 heteroatoms. The fraction of sp³-hybridized carbons (Fsp3) is 0.333. The molecule has 1 aromatic carbocycles. The highest BCUT2D eigenvalue weighted by atomic mass is 19.3. The van der Waals surface area contributed by atoms with E-state index in [1.807, 2.05) is 0 Å². The molecule has 2 aromatic heterocycles. The van der Waals surface area contributed by atoms with Gasteiger partial charge in [-0.1, -0.05) is 0 Å². The number of aromatic nitrogens is 2. The second kappa shape index (κ2) is 10.7. The number of nitrogens with two attached hydrogens (primary N) is 1. The van der Waals surface area contributed by atoms with Crippen molar-refractivity contribution in [1.29, 1.82) is 0 Å². The molecule has 0 radical (unpaired) electrons. The Morgan fingerprint density at radius 1 is 1.25 bits per heavy atom. The normalized spacial score (nSPS) is 13.9. The Kier molecular flexibility index (Phi) is 7.44. The lowest BCUT2D eigenvalue weighted by Gasteiger charge is -2.12. The standard InChI is InChI=1S/C24H24F2N4O6/c1-12(27)20-17(10-29-21(31)16-8-15(23(32)33)6-7-28-16)30-22(36-20)14-4-5-18(35-24(25)26)19(9-14)34-11-13-2-3-13/h4-9,12-13,24H,2-3,10-11,27H2,1H3,(H,29,31)(H,32,33). The third kappa shape index (κ3) is 6.13. The summed E-state index contributed by atoms with van der Waals surface area (Å²) in [5.41, 5.74) is 6.66. The molecule has 0 spiro atoms. The van der Waals surface area contributed by atoms with Crippen LogP contribution in [0.25, 0.3) is 11.5 Å². The van der Waals surface area contributed by atoms with Gasteiger partial charge >= 0.3 is 12.6 Å². The molecular formula is C24H24F2N4O6. The minimum Gasteiger partial charge on any atom is -0.489 e. The van der Waals surface area contributed by atoms with E-state index in [9.17, 15) is 18.4 Å². The molecule has 4 rings (SSSR count). The molecule has 3 aromatic rings. The fourth-order valence-electron chi connectivity index (χ4n) is 3.35. The molecule has 36 heavy (non-hydrogen) atoms. The molecule has 1 saturated carbocycles. The summed E-state index contributed by atoms with van der Waals surface area (Å²) >= 11 is 0. The average Bonchev–Trinajstić information content (AvgIpc) is 3.58. The number of benzene rings is 1. The van der Waals surface area contributed by atoms with E-state index in [1.165, 1.54) is 30.5 Å². The SMILES string of the molecule is CC(N)c1oc(-c2ccc(OC(F)F)c(OCC3CC3)c2)nc1CNC(=O)c1cc(C(=O)O)ccn1. The molecule has 10 nitrogen and oxygen atoms in total. The summed E-state index contributed by atoms with van der Waals surface area (Å²) in [7, 11) is 0. The zero-order valence-electron chi connectivity index (χ0n) is 19.2. The largest absolute Gasteiger partial charge is 0.489 e. The molecule has 1 atom stereocenters. The van der Waals surface area contributed by atoms with Crippen molar-refractivity contribution in [3.63, 3.8) is 0 Å². The van der Waals surface area contributed by atoms with Crippen LogP contribution in [0.15, 0.2) is 40.9 Å². The third-order valence-electron chi connectivity index (χ3n) is 5.38. The topological polar surface area (TPSA) is 150 Å². The summed E-state index contributed by atoms with van der Waals surface area (Å²) in [4.78, 5) is 32.0. The van der Waals surface area contributed by atoms with Crippen LogP contribution in [0.3, 0.4) is 0 Å². The van der Waals surface area contributed by atoms with Gasteiger partial charge in [0.15, 0.2) is 11.5 Å². The maximum Gasteiger partial charge on any atom is 0.387 e. The number of carboxylic acid groups (broad SMARTS) is 1. The Balaban J connectivity index is 1.55. The number of hydrogen-bond donors (Lipinski definition) is 3. The number of nitrogens with zero attached hydrogens (tertiary/aromatic N) is 2. The molecule has 1 aliphatic carbocycles. The third-order valence-corrected chi connectivity index (χ3v) is 5.38. The van der Waals surface area contributed by atoms with Crippen LogP contribution in [-0.2, 0) is 6.54 Å². The highest BCUT2D eigenvalue weighted by molar-refractivity contribution is 5.95. The van der Waals surface area contributed by atoms with Crippen LogP contribution < -0.4 is 20.5 Å². The van der Waals surface area contributed by atoms with Gasteiger partial charge in [0.2, 0.25) is 5.89 Å². The van der Waals surface area contributed by atoms with Gasteiger partial charge in [-0.2, -0.15) is 8.78 Å². The number of ether oxygens (including phenoxy) is 2. The molecule has 0 saturated heterocycles. The number of hydrogen-bond acceptors (Lipinski definition) is 8. The van der Waals surface area contributed by atoms with Crippen molar-refractivity contribution < 1.29 is 37.4 Å². The summed E-state index contributed by atoms with van der Waals surface area (Å²) in [6, 6.07) is 6.21. The first-order chi connectivity index (χ1) is 17.2. The smallest absolute Gasteiger partial charge is 0.387 e. The van der Waals surface area contributed by atoms with E-state index < -0.39 is 24.5 Å².